The Kier molecular flexibility index (Phi) is 6.02. The first kappa shape index (κ1) is 22.3. The minimum Gasteiger partial charge on any atom is -0.507 e. The standard InChI is InChI=1S/C25H26O6/c1-12(2)30-19-9-7-8-16-21(19)24(29)22-17(23(16)28)10-14(5)20(18(27)11-15(6)26)25(22)31-13(3)4/h7-13,27H,1-6H3/b18-11-. The van der Waals surface area contributed by atoms with E-state index in [1.165, 1.54) is 6.92 Å². The molecule has 0 unspecified atom stereocenters. The van der Waals surface area contributed by atoms with Gasteiger partial charge < -0.3 is 14.6 Å². The molecular weight excluding hydrogens is 396 g/mol. The number of aryl methyl sites for hydroxylation is 1. The first-order valence-corrected chi connectivity index (χ1v) is 10.2. The SMILES string of the molecule is CC(=O)/C=C(\O)c1c(C)cc2c(c1OC(C)C)C(=O)c1c(OC(C)C)cccc1C2=O. The average Bonchev–Trinajstić information content (AvgIpc) is 2.64. The number of carbonyl (C=O) groups is 3. The molecule has 2 aromatic carbocycles. The van der Waals surface area contributed by atoms with Crippen LogP contribution in [-0.4, -0.2) is 34.7 Å². The zero-order valence-electron chi connectivity index (χ0n) is 18.5. The highest BCUT2D eigenvalue weighted by Crippen LogP contribution is 2.42. The van der Waals surface area contributed by atoms with E-state index in [9.17, 15) is 19.5 Å². The Morgan fingerprint density at radius 1 is 0.968 bits per heavy atom. The maximum Gasteiger partial charge on any atom is 0.202 e. The number of hydrogen-bond acceptors (Lipinski definition) is 6. The fourth-order valence-corrected chi connectivity index (χ4v) is 3.71. The van der Waals surface area contributed by atoms with Crippen LogP contribution < -0.4 is 9.47 Å². The van der Waals surface area contributed by atoms with Gasteiger partial charge in [0.05, 0.1) is 28.9 Å². The molecule has 0 aromatic heterocycles. The van der Waals surface area contributed by atoms with Crippen molar-refractivity contribution in [2.24, 2.45) is 0 Å². The van der Waals surface area contributed by atoms with Crippen molar-refractivity contribution in [3.8, 4) is 11.5 Å². The Hall–Kier alpha value is -3.41. The van der Waals surface area contributed by atoms with E-state index in [1.54, 1.807) is 45.0 Å². The van der Waals surface area contributed by atoms with Gasteiger partial charge in [-0.05, 0) is 59.2 Å². The molecule has 0 saturated carbocycles. The summed E-state index contributed by atoms with van der Waals surface area (Å²) in [5, 5.41) is 10.6. The molecular formula is C25H26O6. The molecule has 1 aliphatic carbocycles. The van der Waals surface area contributed by atoms with E-state index in [0.29, 0.717) is 11.3 Å². The largest absolute Gasteiger partial charge is 0.507 e. The number of aliphatic hydroxyl groups excluding tert-OH is 1. The highest BCUT2D eigenvalue weighted by molar-refractivity contribution is 6.30. The van der Waals surface area contributed by atoms with Crippen LogP contribution in [0.3, 0.4) is 0 Å². The molecule has 0 bridgehead atoms. The second kappa shape index (κ2) is 8.38. The van der Waals surface area contributed by atoms with Gasteiger partial charge in [-0.25, -0.2) is 0 Å². The van der Waals surface area contributed by atoms with Crippen LogP contribution in [0, 0.1) is 6.92 Å². The Labute approximate surface area is 181 Å². The second-order valence-corrected chi connectivity index (χ2v) is 8.13. The molecule has 6 heteroatoms. The Balaban J connectivity index is 2.37. The van der Waals surface area contributed by atoms with Gasteiger partial charge in [-0.1, -0.05) is 12.1 Å². The van der Waals surface area contributed by atoms with Crippen molar-refractivity contribution in [3.63, 3.8) is 0 Å². The molecule has 1 aliphatic rings. The fraction of sp³-hybridized carbons (Fsp3) is 0.320. The highest BCUT2D eigenvalue weighted by atomic mass is 16.5. The lowest BCUT2D eigenvalue weighted by molar-refractivity contribution is -0.112. The lowest BCUT2D eigenvalue weighted by atomic mass is 9.80. The summed E-state index contributed by atoms with van der Waals surface area (Å²) in [6, 6.07) is 6.49. The zero-order chi connectivity index (χ0) is 23.0. The molecule has 31 heavy (non-hydrogen) atoms. The van der Waals surface area contributed by atoms with Crippen LogP contribution in [0.25, 0.3) is 5.76 Å². The smallest absolute Gasteiger partial charge is 0.202 e. The molecule has 1 N–H and O–H groups in total. The predicted molar refractivity (Wildman–Crippen MR) is 117 cm³/mol. The van der Waals surface area contributed by atoms with E-state index in [1.807, 2.05) is 13.8 Å². The van der Waals surface area contributed by atoms with Crippen LogP contribution in [0.15, 0.2) is 30.3 Å². The van der Waals surface area contributed by atoms with E-state index in [4.69, 9.17) is 9.47 Å². The number of aliphatic hydroxyl groups is 1. The van der Waals surface area contributed by atoms with Gasteiger partial charge in [0.25, 0.3) is 0 Å². The van der Waals surface area contributed by atoms with Crippen LogP contribution in [0.1, 0.15) is 77.6 Å². The minimum absolute atomic E-state index is 0.0649. The van der Waals surface area contributed by atoms with E-state index in [-0.39, 0.29) is 63.1 Å². The first-order chi connectivity index (χ1) is 14.5. The highest BCUT2D eigenvalue weighted by Gasteiger charge is 2.37. The maximum absolute atomic E-state index is 13.7. The number of fused-ring (bicyclic) bond motifs is 2. The lowest BCUT2D eigenvalue weighted by Gasteiger charge is -2.26. The van der Waals surface area contributed by atoms with Crippen molar-refractivity contribution in [2.75, 3.05) is 0 Å². The second-order valence-electron chi connectivity index (χ2n) is 8.13. The topological polar surface area (TPSA) is 89.9 Å². The van der Waals surface area contributed by atoms with Gasteiger partial charge in [0.1, 0.15) is 17.3 Å². The molecule has 6 nitrogen and oxygen atoms in total. The average molecular weight is 422 g/mol. The lowest BCUT2D eigenvalue weighted by Crippen LogP contribution is -2.25. The quantitative estimate of drug-likeness (QED) is 0.452. The molecule has 3 rings (SSSR count). The third kappa shape index (κ3) is 4.10. The van der Waals surface area contributed by atoms with Gasteiger partial charge in [-0.3, -0.25) is 14.4 Å². The summed E-state index contributed by atoms with van der Waals surface area (Å²) < 4.78 is 11.8. The first-order valence-electron chi connectivity index (χ1n) is 10.2. The Morgan fingerprint density at radius 2 is 1.61 bits per heavy atom. The summed E-state index contributed by atoms with van der Waals surface area (Å²) in [5.41, 5.74) is 1.44. The van der Waals surface area contributed by atoms with Crippen molar-refractivity contribution in [3.05, 3.63) is 63.7 Å². The summed E-state index contributed by atoms with van der Waals surface area (Å²) in [5.74, 6) is -1.02. The van der Waals surface area contributed by atoms with Crippen molar-refractivity contribution >= 4 is 23.1 Å². The van der Waals surface area contributed by atoms with Crippen molar-refractivity contribution in [1.82, 2.24) is 0 Å². The van der Waals surface area contributed by atoms with Crippen LogP contribution in [0.2, 0.25) is 0 Å². The van der Waals surface area contributed by atoms with E-state index < -0.39 is 5.78 Å². The number of benzene rings is 2. The zero-order valence-corrected chi connectivity index (χ0v) is 18.5. The molecule has 162 valence electrons. The van der Waals surface area contributed by atoms with Crippen molar-refractivity contribution in [2.45, 2.75) is 53.8 Å². The van der Waals surface area contributed by atoms with Crippen LogP contribution >= 0.6 is 0 Å². The van der Waals surface area contributed by atoms with Gasteiger partial charge in [-0.2, -0.15) is 0 Å². The molecule has 0 atom stereocenters. The monoisotopic (exact) mass is 422 g/mol. The van der Waals surface area contributed by atoms with Crippen LogP contribution in [0.5, 0.6) is 11.5 Å². The molecule has 2 aromatic rings. The summed E-state index contributed by atoms with van der Waals surface area (Å²) >= 11 is 0. The molecule has 0 saturated heterocycles. The summed E-state index contributed by atoms with van der Waals surface area (Å²) in [7, 11) is 0. The number of hydrogen-bond donors (Lipinski definition) is 1. The molecule has 0 fully saturated rings. The minimum atomic E-state index is -0.423. The number of rotatable bonds is 6. The maximum atomic E-state index is 13.7. The van der Waals surface area contributed by atoms with E-state index in [0.717, 1.165) is 6.08 Å². The predicted octanol–water partition coefficient (Wildman–Crippen LogP) is 4.83. The third-order valence-corrected chi connectivity index (χ3v) is 4.76. The third-order valence-electron chi connectivity index (χ3n) is 4.76. The summed E-state index contributed by atoms with van der Waals surface area (Å²) in [6.45, 7) is 10.2. The number of carbonyl (C=O) groups excluding carboxylic acids is 3. The summed E-state index contributed by atoms with van der Waals surface area (Å²) in [6.07, 6.45) is 0.526. The van der Waals surface area contributed by atoms with Crippen LogP contribution in [-0.2, 0) is 4.79 Å². The van der Waals surface area contributed by atoms with Gasteiger partial charge in [-0.15, -0.1) is 0 Å². The number of ether oxygens (including phenoxy) is 2. The fourth-order valence-electron chi connectivity index (χ4n) is 3.71. The van der Waals surface area contributed by atoms with Crippen LogP contribution in [0.4, 0.5) is 0 Å². The number of allylic oxidation sites excluding steroid dienone is 1. The number of ketones is 3. The van der Waals surface area contributed by atoms with E-state index >= 15 is 0 Å². The van der Waals surface area contributed by atoms with Gasteiger partial charge >= 0.3 is 0 Å². The van der Waals surface area contributed by atoms with E-state index in [2.05, 4.69) is 0 Å². The van der Waals surface area contributed by atoms with Crippen molar-refractivity contribution in [1.29, 1.82) is 0 Å². The van der Waals surface area contributed by atoms with Gasteiger partial charge in [0.15, 0.2) is 11.6 Å². The molecule has 0 heterocycles. The van der Waals surface area contributed by atoms with Gasteiger partial charge in [0, 0.05) is 17.2 Å². The molecule has 0 spiro atoms. The normalized spacial score (nSPS) is 13.4. The molecule has 0 radical (unpaired) electrons. The Morgan fingerprint density at radius 3 is 2.19 bits per heavy atom. The Bertz CT molecular complexity index is 1120. The van der Waals surface area contributed by atoms with Gasteiger partial charge in [0.2, 0.25) is 5.78 Å². The molecule has 0 aliphatic heterocycles. The molecule has 0 amide bonds. The summed E-state index contributed by atoms with van der Waals surface area (Å²) in [4.78, 5) is 38.6. The van der Waals surface area contributed by atoms with Crippen molar-refractivity contribution < 1.29 is 29.0 Å².